The smallest absolute Gasteiger partial charge is 0.123 e. The van der Waals surface area contributed by atoms with Crippen LogP contribution in [-0.2, 0) is 6.42 Å². The Morgan fingerprint density at radius 2 is 2.31 bits per heavy atom. The maximum atomic E-state index is 5.78. The molecule has 0 bridgehead atoms. The monoisotopic (exact) mass is 177 g/mol. The number of fused-ring (bicyclic) bond motifs is 1. The van der Waals surface area contributed by atoms with E-state index < -0.39 is 0 Å². The molecule has 0 spiro atoms. The molecule has 13 heavy (non-hydrogen) atoms. The minimum Gasteiger partial charge on any atom is -0.489 e. The minimum atomic E-state index is 0.280. The van der Waals surface area contributed by atoms with Crippen LogP contribution in [0.3, 0.4) is 0 Å². The van der Waals surface area contributed by atoms with E-state index >= 15 is 0 Å². The maximum absolute atomic E-state index is 5.78. The molecule has 0 saturated carbocycles. The molecule has 1 aliphatic rings. The van der Waals surface area contributed by atoms with Crippen LogP contribution >= 0.6 is 0 Å². The van der Waals surface area contributed by atoms with Gasteiger partial charge in [0.1, 0.15) is 11.9 Å². The van der Waals surface area contributed by atoms with E-state index in [9.17, 15) is 0 Å². The first-order chi connectivity index (χ1) is 6.31. The Balaban J connectivity index is 2.14. The van der Waals surface area contributed by atoms with Crippen molar-refractivity contribution in [3.8, 4) is 5.75 Å². The van der Waals surface area contributed by atoms with Crippen LogP contribution in [0.25, 0.3) is 0 Å². The summed E-state index contributed by atoms with van der Waals surface area (Å²) in [5.74, 6) is 1.47. The predicted molar refractivity (Wildman–Crippen MR) is 52.8 cm³/mol. The van der Waals surface area contributed by atoms with Crippen LogP contribution in [0.2, 0.25) is 0 Å². The van der Waals surface area contributed by atoms with Gasteiger partial charge in [-0.15, -0.1) is 0 Å². The third-order valence-corrected chi connectivity index (χ3v) is 2.68. The lowest BCUT2D eigenvalue weighted by molar-refractivity contribution is 0.172. The molecule has 0 fully saturated rings. The highest BCUT2D eigenvalue weighted by molar-refractivity contribution is 5.37. The predicted octanol–water partition coefficient (Wildman–Crippen LogP) is 1.58. The molecule has 70 valence electrons. The number of hydrogen-bond donors (Lipinski definition) is 1. The number of ether oxygens (including phenoxy) is 1. The van der Waals surface area contributed by atoms with Crippen molar-refractivity contribution < 1.29 is 4.74 Å². The Labute approximate surface area is 78.7 Å². The van der Waals surface area contributed by atoms with Crippen LogP contribution < -0.4 is 10.5 Å². The molecule has 1 aliphatic heterocycles. The van der Waals surface area contributed by atoms with Gasteiger partial charge in [0, 0.05) is 12.3 Å². The number of hydrogen-bond acceptors (Lipinski definition) is 2. The lowest BCUT2D eigenvalue weighted by Gasteiger charge is -2.16. The van der Waals surface area contributed by atoms with Gasteiger partial charge >= 0.3 is 0 Å². The lowest BCUT2D eigenvalue weighted by atomic mass is 10.0. The first-order valence-electron chi connectivity index (χ1n) is 4.76. The topological polar surface area (TPSA) is 35.2 Å². The Bertz CT molecular complexity index is 273. The second kappa shape index (κ2) is 3.38. The standard InChI is InChI=1S/C11H15NO/c1-8(7-12)11-6-9-4-2-3-5-10(9)13-11/h2-5,8,11H,6-7,12H2,1H3/t8-,11?/m1/s1. The highest BCUT2D eigenvalue weighted by Crippen LogP contribution is 2.30. The minimum absolute atomic E-state index is 0.280. The number of benzene rings is 1. The van der Waals surface area contributed by atoms with Crippen molar-refractivity contribution in [1.29, 1.82) is 0 Å². The van der Waals surface area contributed by atoms with Crippen LogP contribution in [0.15, 0.2) is 24.3 Å². The van der Waals surface area contributed by atoms with E-state index in [1.165, 1.54) is 5.56 Å². The first-order valence-corrected chi connectivity index (χ1v) is 4.76. The van der Waals surface area contributed by atoms with Gasteiger partial charge in [0.15, 0.2) is 0 Å². The summed E-state index contributed by atoms with van der Waals surface area (Å²) in [5.41, 5.74) is 6.92. The highest BCUT2D eigenvalue weighted by Gasteiger charge is 2.26. The van der Waals surface area contributed by atoms with Gasteiger partial charge in [-0.25, -0.2) is 0 Å². The van der Waals surface area contributed by atoms with E-state index in [2.05, 4.69) is 19.1 Å². The maximum Gasteiger partial charge on any atom is 0.123 e. The van der Waals surface area contributed by atoms with E-state index in [4.69, 9.17) is 10.5 Å². The zero-order valence-electron chi connectivity index (χ0n) is 7.86. The Morgan fingerprint density at radius 3 is 3.00 bits per heavy atom. The van der Waals surface area contributed by atoms with Crippen molar-refractivity contribution in [2.75, 3.05) is 6.54 Å². The molecule has 0 saturated heterocycles. The van der Waals surface area contributed by atoms with Gasteiger partial charge in [-0.3, -0.25) is 0 Å². The summed E-state index contributed by atoms with van der Waals surface area (Å²) in [6, 6.07) is 8.21. The fourth-order valence-corrected chi connectivity index (χ4v) is 1.68. The van der Waals surface area contributed by atoms with Crippen molar-refractivity contribution in [2.45, 2.75) is 19.4 Å². The van der Waals surface area contributed by atoms with Gasteiger partial charge in [-0.1, -0.05) is 25.1 Å². The highest BCUT2D eigenvalue weighted by atomic mass is 16.5. The number of rotatable bonds is 2. The quantitative estimate of drug-likeness (QED) is 0.744. The van der Waals surface area contributed by atoms with Gasteiger partial charge in [0.05, 0.1) is 0 Å². The van der Waals surface area contributed by atoms with Gasteiger partial charge in [0.25, 0.3) is 0 Å². The SMILES string of the molecule is C[C@H](CN)C1Cc2ccccc2O1. The molecule has 0 amide bonds. The molecule has 2 heteroatoms. The van der Waals surface area contributed by atoms with E-state index in [1.807, 2.05) is 12.1 Å². The fourth-order valence-electron chi connectivity index (χ4n) is 1.68. The van der Waals surface area contributed by atoms with Gasteiger partial charge in [0.2, 0.25) is 0 Å². The van der Waals surface area contributed by atoms with E-state index in [0.29, 0.717) is 12.5 Å². The van der Waals surface area contributed by atoms with Crippen LogP contribution in [0.4, 0.5) is 0 Å². The number of para-hydroxylation sites is 1. The third kappa shape index (κ3) is 1.54. The average molecular weight is 177 g/mol. The fraction of sp³-hybridized carbons (Fsp3) is 0.455. The molecule has 2 nitrogen and oxygen atoms in total. The largest absolute Gasteiger partial charge is 0.489 e. The van der Waals surface area contributed by atoms with E-state index in [1.54, 1.807) is 0 Å². The summed E-state index contributed by atoms with van der Waals surface area (Å²) >= 11 is 0. The Hall–Kier alpha value is -1.02. The third-order valence-electron chi connectivity index (χ3n) is 2.68. The summed E-state index contributed by atoms with van der Waals surface area (Å²) in [6.45, 7) is 2.83. The Kier molecular flexibility index (Phi) is 2.23. The molecular weight excluding hydrogens is 162 g/mol. The molecule has 1 heterocycles. The molecule has 2 atom stereocenters. The van der Waals surface area contributed by atoms with Gasteiger partial charge in [-0.05, 0) is 18.2 Å². The van der Waals surface area contributed by atoms with Crippen molar-refractivity contribution in [3.63, 3.8) is 0 Å². The van der Waals surface area contributed by atoms with Gasteiger partial charge < -0.3 is 10.5 Å². The van der Waals surface area contributed by atoms with Crippen LogP contribution in [0, 0.1) is 5.92 Å². The summed E-state index contributed by atoms with van der Waals surface area (Å²) in [6.07, 6.45) is 1.29. The van der Waals surface area contributed by atoms with Crippen LogP contribution in [0.5, 0.6) is 5.75 Å². The Morgan fingerprint density at radius 1 is 1.54 bits per heavy atom. The zero-order chi connectivity index (χ0) is 9.26. The molecule has 1 aromatic rings. The molecule has 1 unspecified atom stereocenters. The summed E-state index contributed by atoms with van der Waals surface area (Å²) in [7, 11) is 0. The van der Waals surface area contributed by atoms with Crippen molar-refractivity contribution in [3.05, 3.63) is 29.8 Å². The lowest BCUT2D eigenvalue weighted by Crippen LogP contribution is -2.28. The van der Waals surface area contributed by atoms with Crippen molar-refractivity contribution in [1.82, 2.24) is 0 Å². The molecule has 0 aromatic heterocycles. The van der Waals surface area contributed by atoms with Gasteiger partial charge in [-0.2, -0.15) is 0 Å². The van der Waals surface area contributed by atoms with Crippen LogP contribution in [-0.4, -0.2) is 12.6 Å². The first kappa shape index (κ1) is 8.57. The summed E-state index contributed by atoms with van der Waals surface area (Å²) in [4.78, 5) is 0. The van der Waals surface area contributed by atoms with Crippen molar-refractivity contribution in [2.24, 2.45) is 11.7 Å². The van der Waals surface area contributed by atoms with E-state index in [-0.39, 0.29) is 6.10 Å². The van der Waals surface area contributed by atoms with Crippen molar-refractivity contribution >= 4 is 0 Å². The summed E-state index contributed by atoms with van der Waals surface area (Å²) < 4.78 is 5.78. The zero-order valence-corrected chi connectivity index (χ0v) is 7.86. The second-order valence-corrected chi connectivity index (χ2v) is 3.68. The van der Waals surface area contributed by atoms with Crippen LogP contribution in [0.1, 0.15) is 12.5 Å². The second-order valence-electron chi connectivity index (χ2n) is 3.68. The molecule has 1 aromatic carbocycles. The molecule has 2 N–H and O–H groups in total. The molecular formula is C11H15NO. The molecule has 2 rings (SSSR count). The molecule has 0 radical (unpaired) electrons. The average Bonchev–Trinajstić information content (AvgIpc) is 2.59. The molecule has 0 aliphatic carbocycles. The number of nitrogens with two attached hydrogens (primary N) is 1. The van der Waals surface area contributed by atoms with E-state index in [0.717, 1.165) is 12.2 Å². The summed E-state index contributed by atoms with van der Waals surface area (Å²) in [5, 5.41) is 0. The normalized spacial score (nSPS) is 22.2.